The van der Waals surface area contributed by atoms with Gasteiger partial charge in [0.1, 0.15) is 0 Å². The second-order valence-corrected chi connectivity index (χ2v) is 7.62. The lowest BCUT2D eigenvalue weighted by Gasteiger charge is -2.34. The molecule has 26 heavy (non-hydrogen) atoms. The molecule has 1 fully saturated rings. The Hall–Kier alpha value is -2.14. The van der Waals surface area contributed by atoms with Gasteiger partial charge in [-0.3, -0.25) is 9.69 Å². The van der Waals surface area contributed by atoms with Crippen LogP contribution in [0.5, 0.6) is 0 Å². The first-order valence-electron chi connectivity index (χ1n) is 9.68. The summed E-state index contributed by atoms with van der Waals surface area (Å²) >= 11 is 0. The molecular weight excluding hydrogens is 324 g/mol. The van der Waals surface area contributed by atoms with Crippen molar-refractivity contribution in [2.24, 2.45) is 5.92 Å². The topological polar surface area (TPSA) is 50.2 Å². The van der Waals surface area contributed by atoms with E-state index < -0.39 is 0 Å². The number of hydrogen-bond donors (Lipinski definition) is 1. The minimum atomic E-state index is -0.0366. The van der Waals surface area contributed by atoms with E-state index in [9.17, 15) is 4.79 Å². The largest absolute Gasteiger partial charge is 0.349 e. The van der Waals surface area contributed by atoms with Crippen LogP contribution in [0, 0.1) is 5.92 Å². The first-order valence-corrected chi connectivity index (χ1v) is 9.68. The number of rotatable bonds is 7. The quantitative estimate of drug-likeness (QED) is 0.831. The number of nitrogens with one attached hydrogen (secondary N) is 1. The van der Waals surface area contributed by atoms with Crippen LogP contribution in [0.1, 0.15) is 44.4 Å². The molecule has 3 rings (SSSR count). The van der Waals surface area contributed by atoms with Crippen molar-refractivity contribution >= 4 is 5.91 Å². The third kappa shape index (κ3) is 4.94. The number of carbonyl (C=O) groups is 1. The predicted octanol–water partition coefficient (Wildman–Crippen LogP) is 3.21. The van der Waals surface area contributed by atoms with Gasteiger partial charge in [-0.15, -0.1) is 0 Å². The average molecular weight is 354 g/mol. The van der Waals surface area contributed by atoms with Crippen LogP contribution in [0.2, 0.25) is 0 Å². The number of benzene rings is 1. The van der Waals surface area contributed by atoms with Gasteiger partial charge in [-0.05, 0) is 30.9 Å². The molecule has 1 amide bonds. The van der Waals surface area contributed by atoms with Gasteiger partial charge in [0.05, 0.1) is 24.6 Å². The van der Waals surface area contributed by atoms with Gasteiger partial charge in [0.15, 0.2) is 0 Å². The maximum absolute atomic E-state index is 12.8. The average Bonchev–Trinajstić information content (AvgIpc) is 3.07. The van der Waals surface area contributed by atoms with Gasteiger partial charge in [0.25, 0.3) is 0 Å². The SMILES string of the molecule is CC(C)Cn1cncc1CNC(=O)[C@H]1CCCCN1Cc1ccccc1. The molecular formula is C21H30N4O. The Morgan fingerprint density at radius 2 is 2.08 bits per heavy atom. The summed E-state index contributed by atoms with van der Waals surface area (Å²) in [5.41, 5.74) is 2.33. The van der Waals surface area contributed by atoms with Gasteiger partial charge >= 0.3 is 0 Å². The number of aromatic nitrogens is 2. The first kappa shape index (κ1) is 18.6. The molecule has 0 aliphatic carbocycles. The summed E-state index contributed by atoms with van der Waals surface area (Å²) in [4.78, 5) is 19.4. The Bertz CT molecular complexity index is 695. The molecule has 2 aromatic rings. The number of piperidine rings is 1. The van der Waals surface area contributed by atoms with E-state index in [4.69, 9.17) is 0 Å². The molecule has 0 radical (unpaired) electrons. The molecule has 1 saturated heterocycles. The maximum Gasteiger partial charge on any atom is 0.237 e. The van der Waals surface area contributed by atoms with Crippen molar-refractivity contribution in [2.45, 2.75) is 58.8 Å². The Morgan fingerprint density at radius 1 is 1.27 bits per heavy atom. The molecule has 0 bridgehead atoms. The van der Waals surface area contributed by atoms with Crippen LogP contribution >= 0.6 is 0 Å². The van der Waals surface area contributed by atoms with Gasteiger partial charge < -0.3 is 9.88 Å². The van der Waals surface area contributed by atoms with Crippen molar-refractivity contribution in [1.29, 1.82) is 0 Å². The van der Waals surface area contributed by atoms with Gasteiger partial charge in [0.2, 0.25) is 5.91 Å². The molecule has 1 aromatic carbocycles. The molecule has 0 spiro atoms. The number of carbonyl (C=O) groups excluding carboxylic acids is 1. The van der Waals surface area contributed by atoms with E-state index in [1.165, 1.54) is 5.56 Å². The van der Waals surface area contributed by atoms with E-state index in [-0.39, 0.29) is 11.9 Å². The van der Waals surface area contributed by atoms with E-state index in [2.05, 4.69) is 57.9 Å². The van der Waals surface area contributed by atoms with Crippen molar-refractivity contribution in [3.8, 4) is 0 Å². The molecule has 1 N–H and O–H groups in total. The fourth-order valence-electron chi connectivity index (χ4n) is 3.64. The highest BCUT2D eigenvalue weighted by atomic mass is 16.2. The first-order chi connectivity index (χ1) is 12.6. The Morgan fingerprint density at radius 3 is 2.85 bits per heavy atom. The fourth-order valence-corrected chi connectivity index (χ4v) is 3.64. The van der Waals surface area contributed by atoms with Crippen LogP contribution in [0.15, 0.2) is 42.9 Å². The highest BCUT2D eigenvalue weighted by Crippen LogP contribution is 2.20. The Balaban J connectivity index is 1.59. The third-order valence-electron chi connectivity index (χ3n) is 4.95. The molecule has 140 valence electrons. The smallest absolute Gasteiger partial charge is 0.237 e. The minimum Gasteiger partial charge on any atom is -0.349 e. The summed E-state index contributed by atoms with van der Waals surface area (Å²) in [6.45, 7) is 7.66. The molecule has 5 nitrogen and oxygen atoms in total. The number of amides is 1. The molecule has 1 aliphatic heterocycles. The van der Waals surface area contributed by atoms with Gasteiger partial charge in [-0.2, -0.15) is 0 Å². The van der Waals surface area contributed by atoms with Crippen LogP contribution in [0.4, 0.5) is 0 Å². The molecule has 0 saturated carbocycles. The number of likely N-dealkylation sites (tertiary alicyclic amines) is 1. The molecule has 1 aromatic heterocycles. The van der Waals surface area contributed by atoms with E-state index in [1.54, 1.807) is 0 Å². The highest BCUT2D eigenvalue weighted by Gasteiger charge is 2.28. The zero-order valence-electron chi connectivity index (χ0n) is 15.9. The maximum atomic E-state index is 12.8. The summed E-state index contributed by atoms with van der Waals surface area (Å²) in [5.74, 6) is 0.691. The normalized spacial score (nSPS) is 18.2. The van der Waals surface area contributed by atoms with Crippen LogP contribution in [-0.2, 0) is 24.4 Å². The molecule has 5 heteroatoms. The summed E-state index contributed by atoms with van der Waals surface area (Å²) in [6.07, 6.45) is 6.92. The summed E-state index contributed by atoms with van der Waals surface area (Å²) in [7, 11) is 0. The van der Waals surface area contributed by atoms with Gasteiger partial charge in [-0.25, -0.2) is 4.98 Å². The van der Waals surface area contributed by atoms with Crippen LogP contribution in [-0.4, -0.2) is 32.9 Å². The molecule has 1 aliphatic rings. The van der Waals surface area contributed by atoms with E-state index >= 15 is 0 Å². The number of imidazole rings is 1. The Labute approximate surface area is 156 Å². The molecule has 1 atom stereocenters. The van der Waals surface area contributed by atoms with Crippen molar-refractivity contribution in [3.63, 3.8) is 0 Å². The van der Waals surface area contributed by atoms with Gasteiger partial charge in [0, 0.05) is 19.3 Å². The lowest BCUT2D eigenvalue weighted by Crippen LogP contribution is -2.48. The van der Waals surface area contributed by atoms with Gasteiger partial charge in [-0.1, -0.05) is 50.6 Å². The van der Waals surface area contributed by atoms with Crippen molar-refractivity contribution < 1.29 is 4.79 Å². The number of hydrogen-bond acceptors (Lipinski definition) is 3. The third-order valence-corrected chi connectivity index (χ3v) is 4.95. The van der Waals surface area contributed by atoms with Crippen LogP contribution in [0.3, 0.4) is 0 Å². The number of nitrogens with zero attached hydrogens (tertiary/aromatic N) is 3. The van der Waals surface area contributed by atoms with Crippen molar-refractivity contribution in [2.75, 3.05) is 6.54 Å². The molecule has 2 heterocycles. The standard InChI is InChI=1S/C21H30N4O/c1-17(2)14-25-16-22-12-19(25)13-23-21(26)20-10-6-7-11-24(20)15-18-8-4-3-5-9-18/h3-5,8-9,12,16-17,20H,6-7,10-11,13-15H2,1-2H3,(H,23,26)/t20-/m1/s1. The van der Waals surface area contributed by atoms with Crippen molar-refractivity contribution in [3.05, 3.63) is 54.1 Å². The fraction of sp³-hybridized carbons (Fsp3) is 0.524. The predicted molar refractivity (Wildman–Crippen MR) is 103 cm³/mol. The molecule has 0 unspecified atom stereocenters. The summed E-state index contributed by atoms with van der Waals surface area (Å²) in [6, 6.07) is 10.4. The monoisotopic (exact) mass is 354 g/mol. The second kappa shape index (κ2) is 8.99. The van der Waals surface area contributed by atoms with E-state index in [1.807, 2.05) is 18.6 Å². The summed E-state index contributed by atoms with van der Waals surface area (Å²) in [5, 5.41) is 3.14. The van der Waals surface area contributed by atoms with Crippen LogP contribution < -0.4 is 5.32 Å². The minimum absolute atomic E-state index is 0.0366. The van der Waals surface area contributed by atoms with E-state index in [0.29, 0.717) is 12.5 Å². The second-order valence-electron chi connectivity index (χ2n) is 7.62. The lowest BCUT2D eigenvalue weighted by molar-refractivity contribution is -0.128. The zero-order valence-corrected chi connectivity index (χ0v) is 15.9. The van der Waals surface area contributed by atoms with Crippen LogP contribution in [0.25, 0.3) is 0 Å². The lowest BCUT2D eigenvalue weighted by atomic mass is 10.0. The highest BCUT2D eigenvalue weighted by molar-refractivity contribution is 5.81. The van der Waals surface area contributed by atoms with E-state index in [0.717, 1.165) is 44.6 Å². The van der Waals surface area contributed by atoms with Crippen molar-refractivity contribution in [1.82, 2.24) is 19.8 Å². The Kier molecular flexibility index (Phi) is 6.45. The zero-order chi connectivity index (χ0) is 18.4. The summed E-state index contributed by atoms with van der Waals surface area (Å²) < 4.78 is 2.13.